The standard InChI is InChI=1S/C24H24N6O/c1-16-15-19-7-3-4-10-20(19)29(16)14-13-26-24(31)22-17(2)30(28-27-22)21-11-5-8-18-9-6-12-25-23(18)21/h3-12,16H,13-15H2,1-2H3,(H,26,31). The highest BCUT2D eigenvalue weighted by molar-refractivity contribution is 5.93. The fourth-order valence-corrected chi connectivity index (χ4v) is 4.37. The normalized spacial score (nSPS) is 15.3. The maximum Gasteiger partial charge on any atom is 0.273 e. The van der Waals surface area contributed by atoms with Gasteiger partial charge in [0, 0.05) is 36.4 Å². The van der Waals surface area contributed by atoms with Crippen LogP contribution in [0.4, 0.5) is 5.69 Å². The molecule has 0 spiro atoms. The van der Waals surface area contributed by atoms with Crippen molar-refractivity contribution in [3.05, 3.63) is 77.7 Å². The summed E-state index contributed by atoms with van der Waals surface area (Å²) in [4.78, 5) is 19.6. The van der Waals surface area contributed by atoms with E-state index >= 15 is 0 Å². The smallest absolute Gasteiger partial charge is 0.273 e. The molecule has 3 heterocycles. The van der Waals surface area contributed by atoms with Gasteiger partial charge in [0.05, 0.1) is 16.9 Å². The van der Waals surface area contributed by atoms with Crippen molar-refractivity contribution in [2.75, 3.05) is 18.0 Å². The van der Waals surface area contributed by atoms with E-state index in [1.54, 1.807) is 10.9 Å². The molecule has 0 radical (unpaired) electrons. The van der Waals surface area contributed by atoms with Crippen LogP contribution in [-0.2, 0) is 6.42 Å². The summed E-state index contributed by atoms with van der Waals surface area (Å²) < 4.78 is 1.68. The summed E-state index contributed by atoms with van der Waals surface area (Å²) in [5.74, 6) is -0.211. The Morgan fingerprint density at radius 1 is 1.10 bits per heavy atom. The van der Waals surface area contributed by atoms with Gasteiger partial charge in [0.1, 0.15) is 0 Å². The first kappa shape index (κ1) is 19.2. The van der Waals surface area contributed by atoms with Gasteiger partial charge in [-0.15, -0.1) is 5.10 Å². The molecule has 1 aliphatic rings. The molecule has 1 aliphatic heterocycles. The van der Waals surface area contributed by atoms with Gasteiger partial charge < -0.3 is 10.2 Å². The number of carbonyl (C=O) groups excluding carboxylic acids is 1. The van der Waals surface area contributed by atoms with Crippen molar-refractivity contribution in [1.82, 2.24) is 25.3 Å². The second-order valence-electron chi connectivity index (χ2n) is 7.92. The molecule has 0 bridgehead atoms. The Hall–Kier alpha value is -3.74. The molecule has 0 aliphatic carbocycles. The van der Waals surface area contributed by atoms with Crippen molar-refractivity contribution in [1.29, 1.82) is 0 Å². The summed E-state index contributed by atoms with van der Waals surface area (Å²) in [5, 5.41) is 12.4. The molecule has 1 N–H and O–H groups in total. The molecule has 0 fully saturated rings. The highest BCUT2D eigenvalue weighted by atomic mass is 16.2. The van der Waals surface area contributed by atoms with Crippen LogP contribution in [0.15, 0.2) is 60.8 Å². The maximum atomic E-state index is 12.8. The molecule has 1 amide bonds. The molecule has 4 aromatic rings. The molecule has 156 valence electrons. The molecule has 0 saturated carbocycles. The number of aromatic nitrogens is 4. The van der Waals surface area contributed by atoms with E-state index in [0.717, 1.165) is 29.6 Å². The third-order valence-corrected chi connectivity index (χ3v) is 5.94. The number of nitrogens with zero attached hydrogens (tertiary/aromatic N) is 5. The van der Waals surface area contributed by atoms with Gasteiger partial charge in [-0.05, 0) is 44.0 Å². The number of para-hydroxylation sites is 2. The fraction of sp³-hybridized carbons (Fsp3) is 0.250. The van der Waals surface area contributed by atoms with E-state index in [1.807, 2.05) is 37.3 Å². The lowest BCUT2D eigenvalue weighted by Crippen LogP contribution is -2.38. The van der Waals surface area contributed by atoms with Crippen LogP contribution in [0.25, 0.3) is 16.6 Å². The first-order chi connectivity index (χ1) is 15.1. The first-order valence-electron chi connectivity index (χ1n) is 10.5. The van der Waals surface area contributed by atoms with Gasteiger partial charge in [-0.25, -0.2) is 4.68 Å². The Bertz CT molecular complexity index is 1260. The van der Waals surface area contributed by atoms with E-state index in [-0.39, 0.29) is 5.91 Å². The van der Waals surface area contributed by atoms with Crippen molar-refractivity contribution in [2.45, 2.75) is 26.3 Å². The lowest BCUT2D eigenvalue weighted by atomic mass is 10.1. The number of hydrogen-bond donors (Lipinski definition) is 1. The average Bonchev–Trinajstić information content (AvgIpc) is 3.32. The number of fused-ring (bicyclic) bond motifs is 2. The molecule has 31 heavy (non-hydrogen) atoms. The van der Waals surface area contributed by atoms with Crippen LogP contribution in [0.5, 0.6) is 0 Å². The number of carbonyl (C=O) groups is 1. The van der Waals surface area contributed by atoms with Gasteiger partial charge in [-0.3, -0.25) is 9.78 Å². The molecule has 1 atom stereocenters. The minimum atomic E-state index is -0.211. The number of hydrogen-bond acceptors (Lipinski definition) is 5. The van der Waals surface area contributed by atoms with Crippen molar-refractivity contribution >= 4 is 22.5 Å². The van der Waals surface area contributed by atoms with Gasteiger partial charge in [0.2, 0.25) is 0 Å². The Morgan fingerprint density at radius 3 is 2.81 bits per heavy atom. The maximum absolute atomic E-state index is 12.8. The van der Waals surface area contributed by atoms with Gasteiger partial charge in [0.25, 0.3) is 5.91 Å². The lowest BCUT2D eigenvalue weighted by molar-refractivity contribution is 0.0949. The highest BCUT2D eigenvalue weighted by Gasteiger charge is 2.25. The van der Waals surface area contributed by atoms with Crippen molar-refractivity contribution < 1.29 is 4.79 Å². The molecule has 2 aromatic carbocycles. The topological polar surface area (TPSA) is 75.9 Å². The number of nitrogens with one attached hydrogen (secondary N) is 1. The molecular formula is C24H24N6O. The lowest BCUT2D eigenvalue weighted by Gasteiger charge is -2.24. The number of anilines is 1. The number of amides is 1. The molecule has 5 rings (SSSR count). The molecule has 1 unspecified atom stereocenters. The summed E-state index contributed by atoms with van der Waals surface area (Å²) in [5.41, 5.74) is 5.29. The molecular weight excluding hydrogens is 388 g/mol. The third kappa shape index (κ3) is 3.42. The second kappa shape index (κ2) is 7.83. The number of pyridine rings is 1. The zero-order chi connectivity index (χ0) is 21.4. The molecule has 7 nitrogen and oxygen atoms in total. The summed E-state index contributed by atoms with van der Waals surface area (Å²) in [6.07, 6.45) is 2.79. The van der Waals surface area contributed by atoms with Crippen molar-refractivity contribution in [3.8, 4) is 5.69 Å². The third-order valence-electron chi connectivity index (χ3n) is 5.94. The zero-order valence-electron chi connectivity index (χ0n) is 17.6. The fourth-order valence-electron chi connectivity index (χ4n) is 4.37. The van der Waals surface area contributed by atoms with Crippen LogP contribution < -0.4 is 10.2 Å². The Labute approximate surface area is 180 Å². The minimum Gasteiger partial charge on any atom is -0.367 e. The van der Waals surface area contributed by atoms with Crippen LogP contribution in [0, 0.1) is 6.92 Å². The van der Waals surface area contributed by atoms with Crippen LogP contribution >= 0.6 is 0 Å². The van der Waals surface area contributed by atoms with E-state index in [1.165, 1.54) is 11.3 Å². The summed E-state index contributed by atoms with van der Waals surface area (Å²) >= 11 is 0. The van der Waals surface area contributed by atoms with Crippen LogP contribution in [0.2, 0.25) is 0 Å². The molecule has 0 saturated heterocycles. The minimum absolute atomic E-state index is 0.211. The SMILES string of the molecule is Cc1c(C(=O)NCCN2c3ccccc3CC2C)nnn1-c1cccc2cccnc12. The van der Waals surface area contributed by atoms with E-state index in [0.29, 0.717) is 24.0 Å². The molecule has 2 aromatic heterocycles. The number of benzene rings is 2. The van der Waals surface area contributed by atoms with Crippen molar-refractivity contribution in [3.63, 3.8) is 0 Å². The highest BCUT2D eigenvalue weighted by Crippen LogP contribution is 2.31. The number of rotatable bonds is 5. The largest absolute Gasteiger partial charge is 0.367 e. The monoisotopic (exact) mass is 412 g/mol. The van der Waals surface area contributed by atoms with Gasteiger partial charge in [-0.1, -0.05) is 41.6 Å². The Morgan fingerprint density at radius 2 is 1.90 bits per heavy atom. The van der Waals surface area contributed by atoms with E-state index in [9.17, 15) is 4.79 Å². The van der Waals surface area contributed by atoms with Gasteiger partial charge >= 0.3 is 0 Å². The Balaban J connectivity index is 1.31. The predicted octanol–water partition coefficient (Wildman–Crippen LogP) is 3.30. The zero-order valence-corrected chi connectivity index (χ0v) is 17.6. The Kier molecular flexibility index (Phi) is 4.86. The van der Waals surface area contributed by atoms with E-state index in [4.69, 9.17) is 0 Å². The quantitative estimate of drug-likeness (QED) is 0.544. The predicted molar refractivity (Wildman–Crippen MR) is 121 cm³/mol. The second-order valence-corrected chi connectivity index (χ2v) is 7.92. The summed E-state index contributed by atoms with van der Waals surface area (Å²) in [6.45, 7) is 5.37. The van der Waals surface area contributed by atoms with Crippen LogP contribution in [0.1, 0.15) is 28.7 Å². The summed E-state index contributed by atoms with van der Waals surface area (Å²) in [6, 6.07) is 18.7. The van der Waals surface area contributed by atoms with E-state index < -0.39 is 0 Å². The van der Waals surface area contributed by atoms with Crippen LogP contribution in [0.3, 0.4) is 0 Å². The molecule has 7 heteroatoms. The first-order valence-corrected chi connectivity index (χ1v) is 10.5. The van der Waals surface area contributed by atoms with Crippen LogP contribution in [-0.4, -0.2) is 45.0 Å². The van der Waals surface area contributed by atoms with Gasteiger partial charge in [0.15, 0.2) is 5.69 Å². The van der Waals surface area contributed by atoms with E-state index in [2.05, 4.69) is 56.7 Å². The van der Waals surface area contributed by atoms with Gasteiger partial charge in [-0.2, -0.15) is 0 Å². The average molecular weight is 412 g/mol. The van der Waals surface area contributed by atoms with Crippen molar-refractivity contribution in [2.24, 2.45) is 0 Å². The summed E-state index contributed by atoms with van der Waals surface area (Å²) in [7, 11) is 0.